The number of benzene rings is 1. The lowest BCUT2D eigenvalue weighted by molar-refractivity contribution is 0.0696. The summed E-state index contributed by atoms with van der Waals surface area (Å²) < 4.78 is 5.30. The number of aromatic carboxylic acids is 1. The monoisotopic (exact) mass is 301 g/mol. The highest BCUT2D eigenvalue weighted by Gasteiger charge is 2.25. The first kappa shape index (κ1) is 14.7. The highest BCUT2D eigenvalue weighted by Crippen LogP contribution is 2.35. The molecule has 0 amide bonds. The predicted molar refractivity (Wildman–Crippen MR) is 79.5 cm³/mol. The molecule has 22 heavy (non-hydrogen) atoms. The van der Waals surface area contributed by atoms with Gasteiger partial charge in [-0.15, -0.1) is 0 Å². The van der Waals surface area contributed by atoms with Crippen molar-refractivity contribution in [2.75, 3.05) is 7.05 Å². The van der Waals surface area contributed by atoms with Gasteiger partial charge in [0.25, 0.3) is 0 Å². The van der Waals surface area contributed by atoms with Crippen LogP contribution in [0, 0.1) is 0 Å². The van der Waals surface area contributed by atoms with Crippen molar-refractivity contribution in [3.63, 3.8) is 0 Å². The lowest BCUT2D eigenvalue weighted by Crippen LogP contribution is -2.18. The fourth-order valence-corrected chi connectivity index (χ4v) is 2.56. The molecule has 1 heterocycles. The zero-order chi connectivity index (χ0) is 15.5. The van der Waals surface area contributed by atoms with Gasteiger partial charge in [0.15, 0.2) is 5.82 Å². The van der Waals surface area contributed by atoms with Crippen molar-refractivity contribution < 1.29 is 14.4 Å². The molecule has 0 spiro atoms. The van der Waals surface area contributed by atoms with Crippen molar-refractivity contribution in [3.8, 4) is 0 Å². The van der Waals surface area contributed by atoms with Crippen LogP contribution in [0.15, 0.2) is 28.8 Å². The molecule has 0 unspecified atom stereocenters. The molecule has 3 rings (SSSR count). The summed E-state index contributed by atoms with van der Waals surface area (Å²) in [5.41, 5.74) is 1.25. The topological polar surface area (TPSA) is 79.5 Å². The van der Waals surface area contributed by atoms with Crippen LogP contribution in [0.5, 0.6) is 0 Å². The van der Waals surface area contributed by atoms with Crippen molar-refractivity contribution in [2.45, 2.75) is 38.3 Å². The van der Waals surface area contributed by atoms with Gasteiger partial charge in [-0.05, 0) is 37.6 Å². The SMILES string of the molecule is CN(Cc1cccc(C(=O)O)c1)Cc1noc(C2CCC2)n1. The Morgan fingerprint density at radius 1 is 1.41 bits per heavy atom. The molecule has 1 aliphatic rings. The summed E-state index contributed by atoms with van der Waals surface area (Å²) in [5.74, 6) is 0.966. The Hall–Kier alpha value is -2.21. The average Bonchev–Trinajstić information content (AvgIpc) is 2.84. The van der Waals surface area contributed by atoms with Crippen LogP contribution in [0.1, 0.15) is 52.8 Å². The van der Waals surface area contributed by atoms with Gasteiger partial charge in [0.1, 0.15) is 0 Å². The van der Waals surface area contributed by atoms with Crippen molar-refractivity contribution in [3.05, 3.63) is 47.1 Å². The summed E-state index contributed by atoms with van der Waals surface area (Å²) in [6.07, 6.45) is 3.51. The number of nitrogens with zero attached hydrogens (tertiary/aromatic N) is 3. The van der Waals surface area contributed by atoms with Crippen LogP contribution in [0.2, 0.25) is 0 Å². The summed E-state index contributed by atoms with van der Waals surface area (Å²) in [6.45, 7) is 1.21. The molecule has 6 nitrogen and oxygen atoms in total. The van der Waals surface area contributed by atoms with Crippen molar-refractivity contribution in [2.24, 2.45) is 0 Å². The van der Waals surface area contributed by atoms with Crippen LogP contribution in [0.4, 0.5) is 0 Å². The van der Waals surface area contributed by atoms with Crippen LogP contribution in [0.3, 0.4) is 0 Å². The Kier molecular flexibility index (Phi) is 4.20. The second kappa shape index (κ2) is 6.27. The first-order valence-electron chi connectivity index (χ1n) is 7.45. The van der Waals surface area contributed by atoms with Gasteiger partial charge in [0.05, 0.1) is 12.1 Å². The minimum atomic E-state index is -0.909. The normalized spacial score (nSPS) is 15.0. The average molecular weight is 301 g/mol. The molecule has 1 fully saturated rings. The third kappa shape index (κ3) is 3.33. The summed E-state index contributed by atoms with van der Waals surface area (Å²) in [5, 5.41) is 13.0. The molecular formula is C16H19N3O3. The van der Waals surface area contributed by atoms with Crippen molar-refractivity contribution in [1.82, 2.24) is 15.0 Å². The maximum Gasteiger partial charge on any atom is 0.335 e. The van der Waals surface area contributed by atoms with E-state index >= 15 is 0 Å². The molecule has 0 aliphatic heterocycles. The maximum absolute atomic E-state index is 11.0. The fraction of sp³-hybridized carbons (Fsp3) is 0.438. The molecule has 1 saturated carbocycles. The van der Waals surface area contributed by atoms with Crippen LogP contribution in [-0.4, -0.2) is 33.2 Å². The molecule has 0 radical (unpaired) electrons. The Labute approximate surface area is 128 Å². The van der Waals surface area contributed by atoms with Gasteiger partial charge in [-0.25, -0.2) is 4.79 Å². The molecule has 2 aromatic rings. The number of aromatic nitrogens is 2. The van der Waals surface area contributed by atoms with Crippen molar-refractivity contribution in [1.29, 1.82) is 0 Å². The third-order valence-corrected chi connectivity index (χ3v) is 3.98. The van der Waals surface area contributed by atoms with E-state index in [1.54, 1.807) is 18.2 Å². The largest absolute Gasteiger partial charge is 0.478 e. The molecular weight excluding hydrogens is 282 g/mol. The number of hydrogen-bond donors (Lipinski definition) is 1. The van der Waals surface area contributed by atoms with Crippen LogP contribution in [-0.2, 0) is 13.1 Å². The standard InChI is InChI=1S/C16H19N3O3/c1-19(9-11-4-2-7-13(8-11)16(20)21)10-14-17-15(22-18-14)12-5-3-6-12/h2,4,7-8,12H,3,5-6,9-10H2,1H3,(H,20,21). The van der Waals surface area contributed by atoms with E-state index in [1.807, 2.05) is 18.0 Å². The van der Waals surface area contributed by atoms with Crippen LogP contribution in [0.25, 0.3) is 0 Å². The quantitative estimate of drug-likeness (QED) is 0.883. The second-order valence-electron chi connectivity index (χ2n) is 5.85. The highest BCUT2D eigenvalue weighted by molar-refractivity contribution is 5.87. The first-order valence-corrected chi connectivity index (χ1v) is 7.45. The molecule has 1 aromatic carbocycles. The molecule has 0 atom stereocenters. The second-order valence-corrected chi connectivity index (χ2v) is 5.85. The van der Waals surface area contributed by atoms with Crippen LogP contribution >= 0.6 is 0 Å². The van der Waals surface area contributed by atoms with E-state index in [-0.39, 0.29) is 0 Å². The van der Waals surface area contributed by atoms with E-state index in [2.05, 4.69) is 10.1 Å². The van der Waals surface area contributed by atoms with Gasteiger partial charge < -0.3 is 9.63 Å². The van der Waals surface area contributed by atoms with E-state index in [1.165, 1.54) is 6.42 Å². The zero-order valence-electron chi connectivity index (χ0n) is 12.5. The molecule has 6 heteroatoms. The fourth-order valence-electron chi connectivity index (χ4n) is 2.56. The van der Waals surface area contributed by atoms with E-state index in [9.17, 15) is 4.79 Å². The number of carbonyl (C=O) groups is 1. The van der Waals surface area contributed by atoms with Gasteiger partial charge in [-0.3, -0.25) is 4.90 Å². The summed E-state index contributed by atoms with van der Waals surface area (Å²) in [7, 11) is 1.95. The summed E-state index contributed by atoms with van der Waals surface area (Å²) in [6, 6.07) is 6.96. The van der Waals surface area contributed by atoms with Crippen LogP contribution < -0.4 is 0 Å². The Morgan fingerprint density at radius 2 is 2.23 bits per heavy atom. The molecule has 0 saturated heterocycles. The first-order chi connectivity index (χ1) is 10.6. The predicted octanol–water partition coefficient (Wildman–Crippen LogP) is 2.67. The number of hydrogen-bond acceptors (Lipinski definition) is 5. The van der Waals surface area contributed by atoms with Crippen molar-refractivity contribution >= 4 is 5.97 Å². The minimum absolute atomic E-state index is 0.303. The summed E-state index contributed by atoms with van der Waals surface area (Å²) >= 11 is 0. The van der Waals surface area contributed by atoms with E-state index in [4.69, 9.17) is 9.63 Å². The third-order valence-electron chi connectivity index (χ3n) is 3.98. The van der Waals surface area contributed by atoms with E-state index in [0.717, 1.165) is 24.3 Å². The molecule has 1 aromatic heterocycles. The summed E-state index contributed by atoms with van der Waals surface area (Å²) in [4.78, 5) is 17.5. The van der Waals surface area contributed by atoms with E-state index < -0.39 is 5.97 Å². The van der Waals surface area contributed by atoms with Gasteiger partial charge in [0.2, 0.25) is 5.89 Å². The van der Waals surface area contributed by atoms with E-state index in [0.29, 0.717) is 30.4 Å². The molecule has 1 aliphatic carbocycles. The smallest absolute Gasteiger partial charge is 0.335 e. The number of carboxylic acids is 1. The highest BCUT2D eigenvalue weighted by atomic mass is 16.5. The lowest BCUT2D eigenvalue weighted by Gasteiger charge is -2.20. The van der Waals surface area contributed by atoms with Gasteiger partial charge in [0, 0.05) is 12.5 Å². The number of carboxylic acid groups (broad SMARTS) is 1. The number of rotatable bonds is 6. The minimum Gasteiger partial charge on any atom is -0.478 e. The molecule has 0 bridgehead atoms. The lowest BCUT2D eigenvalue weighted by atomic mass is 9.85. The molecule has 116 valence electrons. The maximum atomic E-state index is 11.0. The van der Waals surface area contributed by atoms with Gasteiger partial charge in [-0.2, -0.15) is 4.98 Å². The van der Waals surface area contributed by atoms with Gasteiger partial charge >= 0.3 is 5.97 Å². The Balaban J connectivity index is 1.59. The zero-order valence-corrected chi connectivity index (χ0v) is 12.5. The Bertz CT molecular complexity index is 664. The molecule has 1 N–H and O–H groups in total. The van der Waals surface area contributed by atoms with Gasteiger partial charge in [-0.1, -0.05) is 23.7 Å². The Morgan fingerprint density at radius 3 is 2.91 bits per heavy atom.